The number of aryl methyl sites for hydroxylation is 2. The maximum atomic E-state index is 9.14. The molecule has 1 aromatic rings. The minimum atomic E-state index is -0.482. The monoisotopic (exact) mass is 246 g/mol. The second kappa shape index (κ2) is 5.41. The van der Waals surface area contributed by atoms with Crippen LogP contribution in [0, 0.1) is 25.2 Å². The summed E-state index contributed by atoms with van der Waals surface area (Å²) in [5, 5.41) is 9.14. The molecule has 0 bridgehead atoms. The van der Waals surface area contributed by atoms with E-state index in [0.29, 0.717) is 6.54 Å². The maximum Gasteiger partial charge on any atom is 0.123 e. The SMILES string of the molecule is COc1cc(C)c(C)cc1CN(C)C(C)(C)C#N. The number of benzene rings is 1. The van der Waals surface area contributed by atoms with Crippen LogP contribution in [0.4, 0.5) is 0 Å². The van der Waals surface area contributed by atoms with Crippen molar-refractivity contribution in [3.63, 3.8) is 0 Å². The van der Waals surface area contributed by atoms with Gasteiger partial charge < -0.3 is 4.74 Å². The van der Waals surface area contributed by atoms with Gasteiger partial charge in [0.1, 0.15) is 11.3 Å². The second-order valence-corrected chi connectivity index (χ2v) is 5.28. The fourth-order valence-electron chi connectivity index (χ4n) is 1.70. The summed E-state index contributed by atoms with van der Waals surface area (Å²) in [7, 11) is 3.64. The molecule has 0 fully saturated rings. The minimum Gasteiger partial charge on any atom is -0.496 e. The summed E-state index contributed by atoms with van der Waals surface area (Å²) in [6, 6.07) is 6.50. The van der Waals surface area contributed by atoms with Crippen molar-refractivity contribution in [2.75, 3.05) is 14.2 Å². The van der Waals surface area contributed by atoms with E-state index in [1.165, 1.54) is 11.1 Å². The Kier molecular flexibility index (Phi) is 4.37. The average Bonchev–Trinajstić information content (AvgIpc) is 2.33. The van der Waals surface area contributed by atoms with Gasteiger partial charge in [0, 0.05) is 12.1 Å². The number of hydrogen-bond acceptors (Lipinski definition) is 3. The highest BCUT2D eigenvalue weighted by atomic mass is 16.5. The van der Waals surface area contributed by atoms with Crippen molar-refractivity contribution >= 4 is 0 Å². The number of nitriles is 1. The van der Waals surface area contributed by atoms with Crippen LogP contribution in [0.15, 0.2) is 12.1 Å². The quantitative estimate of drug-likeness (QED) is 0.819. The summed E-state index contributed by atoms with van der Waals surface area (Å²) in [6.07, 6.45) is 0. The molecule has 0 aliphatic carbocycles. The number of methoxy groups -OCH3 is 1. The molecular weight excluding hydrogens is 224 g/mol. The largest absolute Gasteiger partial charge is 0.496 e. The van der Waals surface area contributed by atoms with Gasteiger partial charge in [0.05, 0.1) is 13.2 Å². The van der Waals surface area contributed by atoms with E-state index in [0.717, 1.165) is 11.3 Å². The molecule has 1 rings (SSSR count). The Hall–Kier alpha value is -1.53. The smallest absolute Gasteiger partial charge is 0.123 e. The van der Waals surface area contributed by atoms with Crippen LogP contribution in [-0.4, -0.2) is 24.6 Å². The lowest BCUT2D eigenvalue weighted by atomic mass is 10.0. The van der Waals surface area contributed by atoms with E-state index < -0.39 is 5.54 Å². The van der Waals surface area contributed by atoms with Crippen LogP contribution < -0.4 is 4.74 Å². The number of ether oxygens (including phenoxy) is 1. The second-order valence-electron chi connectivity index (χ2n) is 5.28. The van der Waals surface area contributed by atoms with Crippen molar-refractivity contribution in [1.82, 2.24) is 4.90 Å². The van der Waals surface area contributed by atoms with Crippen LogP contribution in [0.2, 0.25) is 0 Å². The van der Waals surface area contributed by atoms with Crippen LogP contribution in [0.3, 0.4) is 0 Å². The standard InChI is InChI=1S/C15H22N2O/c1-11-7-13(14(18-6)8-12(11)2)9-17(5)15(3,4)10-16/h7-8H,9H2,1-6H3. The average molecular weight is 246 g/mol. The molecule has 0 aliphatic rings. The first kappa shape index (κ1) is 14.5. The highest BCUT2D eigenvalue weighted by Crippen LogP contribution is 2.26. The number of nitrogens with zero attached hydrogens (tertiary/aromatic N) is 2. The zero-order valence-electron chi connectivity index (χ0n) is 12.2. The number of rotatable bonds is 4. The van der Waals surface area contributed by atoms with Gasteiger partial charge in [0.15, 0.2) is 0 Å². The molecule has 0 saturated heterocycles. The molecule has 0 aliphatic heterocycles. The van der Waals surface area contributed by atoms with Gasteiger partial charge in [-0.05, 0) is 51.9 Å². The predicted molar refractivity (Wildman–Crippen MR) is 73.6 cm³/mol. The van der Waals surface area contributed by atoms with Crippen LogP contribution in [-0.2, 0) is 6.54 Å². The Labute approximate surface area is 110 Å². The van der Waals surface area contributed by atoms with Crippen molar-refractivity contribution < 1.29 is 4.74 Å². The lowest BCUT2D eigenvalue weighted by Gasteiger charge is -2.29. The first-order valence-electron chi connectivity index (χ1n) is 6.08. The molecular formula is C15H22N2O. The van der Waals surface area contributed by atoms with E-state index in [1.54, 1.807) is 7.11 Å². The minimum absolute atomic E-state index is 0.482. The zero-order valence-corrected chi connectivity index (χ0v) is 12.2. The van der Waals surface area contributed by atoms with Crippen LogP contribution in [0.25, 0.3) is 0 Å². The molecule has 1 aromatic carbocycles. The predicted octanol–water partition coefficient (Wildman–Crippen LogP) is 3.05. The van der Waals surface area contributed by atoms with Crippen LogP contribution in [0.1, 0.15) is 30.5 Å². The third kappa shape index (κ3) is 3.02. The molecule has 0 aromatic heterocycles. The maximum absolute atomic E-state index is 9.14. The molecule has 0 unspecified atom stereocenters. The molecule has 98 valence electrons. The van der Waals surface area contributed by atoms with E-state index in [9.17, 15) is 0 Å². The molecule has 0 heterocycles. The molecule has 3 heteroatoms. The van der Waals surface area contributed by atoms with E-state index in [4.69, 9.17) is 10.00 Å². The summed E-state index contributed by atoms with van der Waals surface area (Å²) in [5.74, 6) is 0.888. The third-order valence-corrected chi connectivity index (χ3v) is 3.53. The summed E-state index contributed by atoms with van der Waals surface area (Å²) in [5.41, 5.74) is 3.10. The van der Waals surface area contributed by atoms with Gasteiger partial charge in [-0.15, -0.1) is 0 Å². The molecule has 18 heavy (non-hydrogen) atoms. The van der Waals surface area contributed by atoms with Gasteiger partial charge in [-0.1, -0.05) is 6.07 Å². The Morgan fingerprint density at radius 2 is 1.83 bits per heavy atom. The van der Waals surface area contributed by atoms with Crippen molar-refractivity contribution in [1.29, 1.82) is 5.26 Å². The van der Waals surface area contributed by atoms with Gasteiger partial charge in [0.2, 0.25) is 0 Å². The number of hydrogen-bond donors (Lipinski definition) is 0. The molecule has 0 spiro atoms. The Balaban J connectivity index is 3.05. The molecule has 0 atom stereocenters. The van der Waals surface area contributed by atoms with E-state index >= 15 is 0 Å². The van der Waals surface area contributed by atoms with Crippen molar-refractivity contribution in [3.05, 3.63) is 28.8 Å². The van der Waals surface area contributed by atoms with Crippen molar-refractivity contribution in [3.8, 4) is 11.8 Å². The van der Waals surface area contributed by atoms with Gasteiger partial charge >= 0.3 is 0 Å². The molecule has 0 radical (unpaired) electrons. The lowest BCUT2D eigenvalue weighted by Crippen LogP contribution is -2.39. The van der Waals surface area contributed by atoms with Crippen molar-refractivity contribution in [2.45, 2.75) is 39.8 Å². The van der Waals surface area contributed by atoms with Gasteiger partial charge in [-0.25, -0.2) is 0 Å². The summed E-state index contributed by atoms with van der Waals surface area (Å²) < 4.78 is 5.42. The summed E-state index contributed by atoms with van der Waals surface area (Å²) >= 11 is 0. The first-order valence-corrected chi connectivity index (χ1v) is 6.08. The highest BCUT2D eigenvalue weighted by molar-refractivity contribution is 5.41. The fraction of sp³-hybridized carbons (Fsp3) is 0.533. The van der Waals surface area contributed by atoms with Crippen LogP contribution >= 0.6 is 0 Å². The Morgan fingerprint density at radius 3 is 2.33 bits per heavy atom. The van der Waals surface area contributed by atoms with E-state index in [-0.39, 0.29) is 0 Å². The zero-order chi connectivity index (χ0) is 13.9. The summed E-state index contributed by atoms with van der Waals surface area (Å²) in [6.45, 7) is 8.70. The molecule has 0 amide bonds. The van der Waals surface area contributed by atoms with Crippen molar-refractivity contribution in [2.24, 2.45) is 0 Å². The summed E-state index contributed by atoms with van der Waals surface area (Å²) in [4.78, 5) is 2.03. The first-order chi connectivity index (χ1) is 8.31. The van der Waals surface area contributed by atoms with Gasteiger partial charge in [-0.2, -0.15) is 5.26 Å². The van der Waals surface area contributed by atoms with Gasteiger partial charge in [0.25, 0.3) is 0 Å². The van der Waals surface area contributed by atoms with E-state index in [1.807, 2.05) is 25.8 Å². The van der Waals surface area contributed by atoms with Crippen LogP contribution in [0.5, 0.6) is 5.75 Å². The molecule has 0 N–H and O–H groups in total. The normalized spacial score (nSPS) is 11.4. The molecule has 3 nitrogen and oxygen atoms in total. The van der Waals surface area contributed by atoms with E-state index in [2.05, 4.69) is 32.0 Å². The Bertz CT molecular complexity index is 472. The lowest BCUT2D eigenvalue weighted by molar-refractivity contribution is 0.200. The topological polar surface area (TPSA) is 36.3 Å². The van der Waals surface area contributed by atoms with Gasteiger partial charge in [-0.3, -0.25) is 4.90 Å². The Morgan fingerprint density at radius 1 is 1.28 bits per heavy atom. The third-order valence-electron chi connectivity index (χ3n) is 3.53. The fourth-order valence-corrected chi connectivity index (χ4v) is 1.70. The molecule has 0 saturated carbocycles. The highest BCUT2D eigenvalue weighted by Gasteiger charge is 2.23.